The minimum Gasteiger partial charge on any atom is -0.478 e. The molecule has 2 aromatic rings. The Bertz CT molecular complexity index is 735. The number of nitrogens with one attached hydrogen (secondary N) is 1. The lowest BCUT2D eigenvalue weighted by Gasteiger charge is -2.14. The van der Waals surface area contributed by atoms with Crippen molar-refractivity contribution in [3.63, 3.8) is 0 Å². The van der Waals surface area contributed by atoms with Crippen molar-refractivity contribution in [2.24, 2.45) is 0 Å². The smallest absolute Gasteiger partial charge is 0.416 e. The summed E-state index contributed by atoms with van der Waals surface area (Å²) in [5, 5.41) is 11.4. The van der Waals surface area contributed by atoms with Crippen LogP contribution in [0.1, 0.15) is 39.0 Å². The maximum Gasteiger partial charge on any atom is 0.416 e. The normalized spacial score (nSPS) is 12.7. The van der Waals surface area contributed by atoms with Crippen LogP contribution in [0.15, 0.2) is 41.0 Å². The zero-order valence-electron chi connectivity index (χ0n) is 12.6. The molecule has 1 amide bonds. The molecule has 0 aliphatic carbocycles. The van der Waals surface area contributed by atoms with E-state index in [0.717, 1.165) is 24.5 Å². The molecule has 2 rings (SSSR count). The largest absolute Gasteiger partial charge is 0.478 e. The molecule has 1 aromatic heterocycles. The summed E-state index contributed by atoms with van der Waals surface area (Å²) >= 11 is 0. The van der Waals surface area contributed by atoms with Crippen molar-refractivity contribution in [1.29, 1.82) is 0 Å². The highest BCUT2D eigenvalue weighted by atomic mass is 19.4. The minimum absolute atomic E-state index is 0.143. The van der Waals surface area contributed by atoms with Gasteiger partial charge in [0, 0.05) is 12.1 Å². The van der Waals surface area contributed by atoms with E-state index >= 15 is 0 Å². The Hall–Kier alpha value is -2.77. The molecule has 0 bridgehead atoms. The van der Waals surface area contributed by atoms with E-state index in [1.165, 1.54) is 12.1 Å². The lowest BCUT2D eigenvalue weighted by atomic mass is 10.0. The van der Waals surface area contributed by atoms with Crippen LogP contribution >= 0.6 is 0 Å². The average molecular weight is 341 g/mol. The summed E-state index contributed by atoms with van der Waals surface area (Å²) in [5.41, 5.74) is -0.253. The highest BCUT2D eigenvalue weighted by molar-refractivity contribution is 5.95. The fourth-order valence-electron chi connectivity index (χ4n) is 2.10. The third-order valence-corrected chi connectivity index (χ3v) is 3.27. The first-order valence-electron chi connectivity index (χ1n) is 6.95. The first kappa shape index (κ1) is 17.6. The number of hydrogen-bond donors (Lipinski definition) is 2. The van der Waals surface area contributed by atoms with Crippen molar-refractivity contribution >= 4 is 11.9 Å². The number of aromatic carboxylic acids is 1. The molecule has 8 heteroatoms. The summed E-state index contributed by atoms with van der Waals surface area (Å²) in [5.74, 6) is -1.95. The average Bonchev–Trinajstić information content (AvgIpc) is 2.96. The number of amides is 1. The van der Waals surface area contributed by atoms with E-state index in [-0.39, 0.29) is 17.4 Å². The third kappa shape index (κ3) is 4.37. The molecule has 1 aromatic carbocycles. The van der Waals surface area contributed by atoms with Crippen molar-refractivity contribution in [3.05, 3.63) is 59.0 Å². The number of hydrogen-bond acceptors (Lipinski definition) is 3. The highest BCUT2D eigenvalue weighted by Gasteiger charge is 2.30. The molecule has 1 heterocycles. The van der Waals surface area contributed by atoms with Gasteiger partial charge in [0.2, 0.25) is 0 Å². The number of carbonyl (C=O) groups excluding carboxylic acids is 1. The van der Waals surface area contributed by atoms with Gasteiger partial charge >= 0.3 is 12.1 Å². The van der Waals surface area contributed by atoms with Crippen LogP contribution in [0.3, 0.4) is 0 Å². The lowest BCUT2D eigenvalue weighted by Crippen LogP contribution is -2.33. The van der Waals surface area contributed by atoms with Crippen molar-refractivity contribution in [3.8, 4) is 0 Å². The molecule has 0 saturated heterocycles. The van der Waals surface area contributed by atoms with Crippen LogP contribution in [0.4, 0.5) is 13.2 Å². The Kier molecular flexibility index (Phi) is 4.96. The molecule has 24 heavy (non-hydrogen) atoms. The predicted molar refractivity (Wildman–Crippen MR) is 77.7 cm³/mol. The van der Waals surface area contributed by atoms with E-state index in [9.17, 15) is 22.8 Å². The summed E-state index contributed by atoms with van der Waals surface area (Å²) in [7, 11) is 0. The van der Waals surface area contributed by atoms with Gasteiger partial charge < -0.3 is 14.8 Å². The Morgan fingerprint density at radius 3 is 2.38 bits per heavy atom. The molecule has 0 radical (unpaired) electrons. The number of benzene rings is 1. The fraction of sp³-hybridized carbons (Fsp3) is 0.250. The molecule has 5 nitrogen and oxygen atoms in total. The van der Waals surface area contributed by atoms with Crippen LogP contribution in [0, 0.1) is 0 Å². The standard InChI is InChI=1S/C16H14F3NO4/c1-9(6-10-2-4-12(5-3-10)16(17,18)19)20-14(21)13-7-11(8-24-13)15(22)23/h2-5,7-9H,6H2,1H3,(H,20,21)(H,22,23). The number of alkyl halides is 3. The Morgan fingerprint density at radius 1 is 1.25 bits per heavy atom. The first-order chi connectivity index (χ1) is 11.2. The summed E-state index contributed by atoms with van der Waals surface area (Å²) in [6.45, 7) is 1.68. The zero-order chi connectivity index (χ0) is 17.9. The number of carboxylic acid groups (broad SMARTS) is 1. The maximum absolute atomic E-state index is 12.5. The molecular weight excluding hydrogens is 327 g/mol. The van der Waals surface area contributed by atoms with Gasteiger partial charge in [0.15, 0.2) is 5.76 Å². The number of carbonyl (C=O) groups is 2. The van der Waals surface area contributed by atoms with Gasteiger partial charge in [0.1, 0.15) is 6.26 Å². The van der Waals surface area contributed by atoms with Crippen LogP contribution in [0.25, 0.3) is 0 Å². The van der Waals surface area contributed by atoms with Crippen LogP contribution in [-0.4, -0.2) is 23.0 Å². The Morgan fingerprint density at radius 2 is 1.88 bits per heavy atom. The quantitative estimate of drug-likeness (QED) is 0.874. The second-order valence-corrected chi connectivity index (χ2v) is 5.28. The van der Waals surface area contributed by atoms with Gasteiger partial charge in [-0.25, -0.2) is 4.79 Å². The zero-order valence-corrected chi connectivity index (χ0v) is 12.6. The van der Waals surface area contributed by atoms with Gasteiger partial charge in [-0.2, -0.15) is 13.2 Å². The monoisotopic (exact) mass is 341 g/mol. The van der Waals surface area contributed by atoms with E-state index in [1.54, 1.807) is 6.92 Å². The molecule has 0 fully saturated rings. The van der Waals surface area contributed by atoms with Crippen LogP contribution in [0.5, 0.6) is 0 Å². The van der Waals surface area contributed by atoms with Gasteiger partial charge in [0.05, 0.1) is 11.1 Å². The Labute approximate surface area is 135 Å². The highest BCUT2D eigenvalue weighted by Crippen LogP contribution is 2.29. The summed E-state index contributed by atoms with van der Waals surface area (Å²) in [6, 6.07) is 5.38. The van der Waals surface area contributed by atoms with Crippen molar-refractivity contribution in [1.82, 2.24) is 5.32 Å². The predicted octanol–water partition coefficient (Wildman–Crippen LogP) is 3.36. The van der Waals surface area contributed by atoms with Gasteiger partial charge in [-0.15, -0.1) is 0 Å². The molecule has 2 N–H and O–H groups in total. The number of carboxylic acids is 1. The molecule has 0 saturated carbocycles. The topological polar surface area (TPSA) is 79.5 Å². The van der Waals surface area contributed by atoms with Crippen LogP contribution < -0.4 is 5.32 Å². The van der Waals surface area contributed by atoms with E-state index in [4.69, 9.17) is 9.52 Å². The van der Waals surface area contributed by atoms with E-state index in [1.807, 2.05) is 0 Å². The van der Waals surface area contributed by atoms with E-state index in [0.29, 0.717) is 12.0 Å². The lowest BCUT2D eigenvalue weighted by molar-refractivity contribution is -0.137. The molecular formula is C16H14F3NO4. The van der Waals surface area contributed by atoms with E-state index in [2.05, 4.69) is 5.32 Å². The number of halogens is 3. The van der Waals surface area contributed by atoms with Gasteiger partial charge in [-0.1, -0.05) is 12.1 Å². The number of furan rings is 1. The maximum atomic E-state index is 12.5. The third-order valence-electron chi connectivity index (χ3n) is 3.27. The van der Waals surface area contributed by atoms with Gasteiger partial charge in [-0.05, 0) is 31.0 Å². The summed E-state index contributed by atoms with van der Waals surface area (Å²) in [6.07, 6.45) is -3.12. The Balaban J connectivity index is 1.95. The molecule has 0 aliphatic heterocycles. The van der Waals surface area contributed by atoms with Gasteiger partial charge in [-0.3, -0.25) is 4.79 Å². The molecule has 1 atom stereocenters. The second kappa shape index (κ2) is 6.77. The van der Waals surface area contributed by atoms with Crippen molar-refractivity contribution < 1.29 is 32.3 Å². The molecule has 0 aliphatic rings. The van der Waals surface area contributed by atoms with Crippen LogP contribution in [-0.2, 0) is 12.6 Å². The summed E-state index contributed by atoms with van der Waals surface area (Å²) < 4.78 is 42.3. The molecule has 1 unspecified atom stereocenters. The van der Waals surface area contributed by atoms with Gasteiger partial charge in [0.25, 0.3) is 5.91 Å². The van der Waals surface area contributed by atoms with Crippen molar-refractivity contribution in [2.45, 2.75) is 25.6 Å². The summed E-state index contributed by atoms with van der Waals surface area (Å²) in [4.78, 5) is 22.6. The first-order valence-corrected chi connectivity index (χ1v) is 6.95. The molecule has 128 valence electrons. The molecule has 0 spiro atoms. The number of rotatable bonds is 5. The second-order valence-electron chi connectivity index (χ2n) is 5.28. The SMILES string of the molecule is CC(Cc1ccc(C(F)(F)F)cc1)NC(=O)c1cc(C(=O)O)co1. The fourth-order valence-corrected chi connectivity index (χ4v) is 2.10. The van der Waals surface area contributed by atoms with Crippen molar-refractivity contribution in [2.75, 3.05) is 0 Å². The minimum atomic E-state index is -4.39. The van der Waals surface area contributed by atoms with Crippen LogP contribution in [0.2, 0.25) is 0 Å². The van der Waals surface area contributed by atoms with E-state index < -0.39 is 23.6 Å².